The zero-order valence-electron chi connectivity index (χ0n) is 14.9. The Morgan fingerprint density at radius 3 is 2.85 bits per heavy atom. The van der Waals surface area contributed by atoms with Crippen molar-refractivity contribution in [2.24, 2.45) is 0 Å². The molecule has 2 N–H and O–H groups in total. The molecule has 140 valence electrons. The summed E-state index contributed by atoms with van der Waals surface area (Å²) in [5, 5.41) is 10.5. The minimum Gasteiger partial charge on any atom is -0.492 e. The molecule has 1 unspecified atom stereocenters. The van der Waals surface area contributed by atoms with Gasteiger partial charge in [0.05, 0.1) is 12.6 Å². The lowest BCUT2D eigenvalue weighted by Crippen LogP contribution is -2.31. The van der Waals surface area contributed by atoms with Crippen LogP contribution in [0.3, 0.4) is 0 Å². The van der Waals surface area contributed by atoms with Crippen molar-refractivity contribution in [3.05, 3.63) is 77.6 Å². The SMILES string of the molecule is CC(NC(=O)Nc1cccc(OCCn2cccn2)c1)c1cccc(Cl)c1. The maximum absolute atomic E-state index is 12.3. The highest BCUT2D eigenvalue weighted by Gasteiger charge is 2.10. The molecule has 2 amide bonds. The van der Waals surface area contributed by atoms with E-state index in [0.29, 0.717) is 29.6 Å². The monoisotopic (exact) mass is 384 g/mol. The highest BCUT2D eigenvalue weighted by molar-refractivity contribution is 6.30. The van der Waals surface area contributed by atoms with Crippen molar-refractivity contribution in [3.63, 3.8) is 0 Å². The summed E-state index contributed by atoms with van der Waals surface area (Å²) in [6, 6.07) is 16.1. The molecule has 0 aliphatic carbocycles. The number of hydrogen-bond donors (Lipinski definition) is 2. The van der Waals surface area contributed by atoms with E-state index in [4.69, 9.17) is 16.3 Å². The van der Waals surface area contributed by atoms with E-state index in [1.165, 1.54) is 0 Å². The summed E-state index contributed by atoms with van der Waals surface area (Å²) in [5.41, 5.74) is 1.59. The molecule has 0 fully saturated rings. The highest BCUT2D eigenvalue weighted by Crippen LogP contribution is 2.19. The number of urea groups is 1. The predicted molar refractivity (Wildman–Crippen MR) is 106 cm³/mol. The summed E-state index contributed by atoms with van der Waals surface area (Å²) in [6.07, 6.45) is 3.61. The Bertz CT molecular complexity index is 883. The number of nitrogens with zero attached hydrogens (tertiary/aromatic N) is 2. The molecule has 3 aromatic rings. The average molecular weight is 385 g/mol. The van der Waals surface area contributed by atoms with Crippen molar-refractivity contribution in [1.29, 1.82) is 0 Å². The fourth-order valence-electron chi connectivity index (χ4n) is 2.58. The molecule has 0 aliphatic rings. The normalized spacial score (nSPS) is 11.6. The van der Waals surface area contributed by atoms with E-state index in [1.54, 1.807) is 23.0 Å². The van der Waals surface area contributed by atoms with E-state index in [1.807, 2.05) is 55.6 Å². The minimum absolute atomic E-state index is 0.169. The first-order chi connectivity index (χ1) is 13.1. The molecule has 1 aromatic heterocycles. The van der Waals surface area contributed by atoms with E-state index in [0.717, 1.165) is 5.56 Å². The zero-order valence-corrected chi connectivity index (χ0v) is 15.7. The van der Waals surface area contributed by atoms with Gasteiger partial charge in [-0.15, -0.1) is 0 Å². The van der Waals surface area contributed by atoms with Gasteiger partial charge in [0.15, 0.2) is 0 Å². The molecular weight excluding hydrogens is 364 g/mol. The number of aromatic nitrogens is 2. The van der Waals surface area contributed by atoms with Gasteiger partial charge in [-0.25, -0.2) is 4.79 Å². The molecule has 0 saturated heterocycles. The number of hydrogen-bond acceptors (Lipinski definition) is 3. The molecule has 3 rings (SSSR count). The second-order valence-electron chi connectivity index (χ2n) is 6.02. The van der Waals surface area contributed by atoms with Crippen molar-refractivity contribution in [3.8, 4) is 5.75 Å². The zero-order chi connectivity index (χ0) is 19.1. The number of nitrogens with one attached hydrogen (secondary N) is 2. The Morgan fingerprint density at radius 2 is 2.07 bits per heavy atom. The molecule has 0 spiro atoms. The summed E-state index contributed by atoms with van der Waals surface area (Å²) in [7, 11) is 0. The van der Waals surface area contributed by atoms with Gasteiger partial charge in [-0.2, -0.15) is 5.10 Å². The van der Waals surface area contributed by atoms with E-state index < -0.39 is 0 Å². The van der Waals surface area contributed by atoms with Crippen LogP contribution < -0.4 is 15.4 Å². The third-order valence-corrected chi connectivity index (χ3v) is 4.17. The van der Waals surface area contributed by atoms with Crippen LogP contribution in [0.1, 0.15) is 18.5 Å². The fraction of sp³-hybridized carbons (Fsp3) is 0.200. The maximum atomic E-state index is 12.3. The number of carbonyl (C=O) groups excluding carboxylic acids is 1. The van der Waals surface area contributed by atoms with Crippen LogP contribution in [0.4, 0.5) is 10.5 Å². The van der Waals surface area contributed by atoms with Crippen LogP contribution in [-0.2, 0) is 6.54 Å². The number of benzene rings is 2. The van der Waals surface area contributed by atoms with Gasteiger partial charge in [0, 0.05) is 29.2 Å². The smallest absolute Gasteiger partial charge is 0.319 e. The largest absolute Gasteiger partial charge is 0.492 e. The molecule has 6 nitrogen and oxygen atoms in total. The molecule has 0 bridgehead atoms. The summed E-state index contributed by atoms with van der Waals surface area (Å²) in [6.45, 7) is 3.05. The van der Waals surface area contributed by atoms with E-state index in [9.17, 15) is 4.79 Å². The number of ether oxygens (including phenoxy) is 1. The summed E-state index contributed by atoms with van der Waals surface area (Å²) < 4.78 is 7.52. The van der Waals surface area contributed by atoms with Crippen LogP contribution in [0.25, 0.3) is 0 Å². The van der Waals surface area contributed by atoms with Gasteiger partial charge in [0.25, 0.3) is 0 Å². The van der Waals surface area contributed by atoms with Crippen molar-refractivity contribution in [2.45, 2.75) is 19.5 Å². The van der Waals surface area contributed by atoms with Crippen LogP contribution in [0.15, 0.2) is 67.0 Å². The molecule has 27 heavy (non-hydrogen) atoms. The Morgan fingerprint density at radius 1 is 1.22 bits per heavy atom. The summed E-state index contributed by atoms with van der Waals surface area (Å²) >= 11 is 6.00. The van der Waals surface area contributed by atoms with Gasteiger partial charge in [0.1, 0.15) is 12.4 Å². The molecule has 0 radical (unpaired) electrons. The Labute approximate surface area is 163 Å². The van der Waals surface area contributed by atoms with Gasteiger partial charge in [-0.3, -0.25) is 4.68 Å². The van der Waals surface area contributed by atoms with Crippen LogP contribution in [-0.4, -0.2) is 22.4 Å². The Balaban J connectivity index is 1.51. The lowest BCUT2D eigenvalue weighted by atomic mass is 10.1. The van der Waals surface area contributed by atoms with Crippen LogP contribution in [0.5, 0.6) is 5.75 Å². The van der Waals surface area contributed by atoms with Gasteiger partial charge >= 0.3 is 6.03 Å². The van der Waals surface area contributed by atoms with E-state index in [-0.39, 0.29) is 12.1 Å². The first-order valence-electron chi connectivity index (χ1n) is 8.63. The van der Waals surface area contributed by atoms with Crippen LogP contribution in [0, 0.1) is 0 Å². The van der Waals surface area contributed by atoms with Crippen LogP contribution in [0.2, 0.25) is 5.02 Å². The summed E-state index contributed by atoms with van der Waals surface area (Å²) in [4.78, 5) is 12.3. The number of amides is 2. The molecule has 0 saturated carbocycles. The third kappa shape index (κ3) is 5.76. The first-order valence-corrected chi connectivity index (χ1v) is 9.01. The first kappa shape index (κ1) is 18.8. The van der Waals surface area contributed by atoms with E-state index >= 15 is 0 Å². The Hall–Kier alpha value is -2.99. The van der Waals surface area contributed by atoms with Crippen molar-refractivity contribution < 1.29 is 9.53 Å². The van der Waals surface area contributed by atoms with Crippen molar-refractivity contribution in [2.75, 3.05) is 11.9 Å². The second kappa shape index (κ2) is 9.09. The standard InChI is InChI=1S/C20H21ClN4O2/c1-15(16-5-2-6-17(21)13-16)23-20(26)24-18-7-3-8-19(14-18)27-12-11-25-10-4-9-22-25/h2-10,13-15H,11-12H2,1H3,(H2,23,24,26). The molecule has 7 heteroatoms. The van der Waals surface area contributed by atoms with Gasteiger partial charge in [0.2, 0.25) is 0 Å². The minimum atomic E-state index is -0.295. The second-order valence-corrected chi connectivity index (χ2v) is 6.46. The number of anilines is 1. The van der Waals surface area contributed by atoms with Gasteiger partial charge in [-0.1, -0.05) is 29.8 Å². The lowest BCUT2D eigenvalue weighted by molar-refractivity contribution is 0.249. The quantitative estimate of drug-likeness (QED) is 0.630. The Kier molecular flexibility index (Phi) is 6.33. The molecule has 1 heterocycles. The summed E-state index contributed by atoms with van der Waals surface area (Å²) in [5.74, 6) is 0.683. The molecular formula is C20H21ClN4O2. The average Bonchev–Trinajstić information content (AvgIpc) is 3.15. The van der Waals surface area contributed by atoms with Crippen molar-refractivity contribution in [1.82, 2.24) is 15.1 Å². The third-order valence-electron chi connectivity index (χ3n) is 3.94. The number of halogens is 1. The van der Waals surface area contributed by atoms with Gasteiger partial charge in [-0.05, 0) is 42.8 Å². The number of rotatable bonds is 7. The predicted octanol–water partition coefficient (Wildman–Crippen LogP) is 4.50. The molecule has 1 atom stereocenters. The topological polar surface area (TPSA) is 68.2 Å². The van der Waals surface area contributed by atoms with Crippen LogP contribution >= 0.6 is 11.6 Å². The fourth-order valence-corrected chi connectivity index (χ4v) is 2.78. The number of carbonyl (C=O) groups is 1. The van der Waals surface area contributed by atoms with E-state index in [2.05, 4.69) is 15.7 Å². The lowest BCUT2D eigenvalue weighted by Gasteiger charge is -2.16. The van der Waals surface area contributed by atoms with Gasteiger partial charge < -0.3 is 15.4 Å². The van der Waals surface area contributed by atoms with Crippen molar-refractivity contribution >= 4 is 23.3 Å². The molecule has 0 aliphatic heterocycles. The molecule has 2 aromatic carbocycles. The highest BCUT2D eigenvalue weighted by atomic mass is 35.5. The maximum Gasteiger partial charge on any atom is 0.319 e.